The summed E-state index contributed by atoms with van der Waals surface area (Å²) in [6, 6.07) is 0. The van der Waals surface area contributed by atoms with E-state index < -0.39 is 11.7 Å². The normalized spacial score (nSPS) is 57.5. The molecule has 3 heterocycles. The molecule has 3 rings (SSSR count). The van der Waals surface area contributed by atoms with Gasteiger partial charge in [-0.15, -0.1) is 0 Å². The SMILES string of the molecule is CC1[C@@H]2CC[C@@](C)(I)C3C[C@@H](C(=O)O2)C1(O)O3. The van der Waals surface area contributed by atoms with Crippen LogP contribution in [0.15, 0.2) is 0 Å². The summed E-state index contributed by atoms with van der Waals surface area (Å²) in [7, 11) is 0. The van der Waals surface area contributed by atoms with Crippen LogP contribution in [0, 0.1) is 11.8 Å². The Labute approximate surface area is 114 Å². The first kappa shape index (κ1) is 12.2. The smallest absolute Gasteiger partial charge is 0.314 e. The zero-order valence-electron chi connectivity index (χ0n) is 9.98. The van der Waals surface area contributed by atoms with Crippen LogP contribution in [0.5, 0.6) is 0 Å². The van der Waals surface area contributed by atoms with E-state index in [0.717, 1.165) is 12.8 Å². The highest BCUT2D eigenvalue weighted by molar-refractivity contribution is 14.1. The average molecular weight is 352 g/mol. The van der Waals surface area contributed by atoms with Gasteiger partial charge in [0.05, 0.1) is 6.10 Å². The topological polar surface area (TPSA) is 55.8 Å². The van der Waals surface area contributed by atoms with Gasteiger partial charge in [-0.3, -0.25) is 4.79 Å². The maximum Gasteiger partial charge on any atom is 0.314 e. The fraction of sp³-hybridized carbons (Fsp3) is 0.917. The minimum atomic E-state index is -1.31. The molecule has 0 aromatic rings. The first-order valence-corrected chi connectivity index (χ1v) is 7.22. The number of esters is 1. The Hall–Kier alpha value is 0.120. The molecule has 3 saturated heterocycles. The van der Waals surface area contributed by atoms with Crippen LogP contribution in [-0.4, -0.2) is 32.5 Å². The van der Waals surface area contributed by atoms with Crippen LogP contribution in [0.4, 0.5) is 0 Å². The Kier molecular flexibility index (Phi) is 2.56. The highest BCUT2D eigenvalue weighted by Gasteiger charge is 2.64. The number of ether oxygens (including phenoxy) is 2. The van der Waals surface area contributed by atoms with Crippen LogP contribution in [0.3, 0.4) is 0 Å². The number of fused-ring (bicyclic) bond motifs is 2. The summed E-state index contributed by atoms with van der Waals surface area (Å²) in [4.78, 5) is 11.9. The van der Waals surface area contributed by atoms with Crippen molar-refractivity contribution in [2.75, 3.05) is 0 Å². The van der Waals surface area contributed by atoms with Gasteiger partial charge >= 0.3 is 5.97 Å². The van der Waals surface area contributed by atoms with Gasteiger partial charge in [0.25, 0.3) is 0 Å². The molecular formula is C12H17IO4. The second kappa shape index (κ2) is 3.57. The third-order valence-electron chi connectivity index (χ3n) is 4.63. The van der Waals surface area contributed by atoms with Crippen molar-refractivity contribution in [3.63, 3.8) is 0 Å². The Morgan fingerprint density at radius 1 is 1.53 bits per heavy atom. The molecule has 0 amide bonds. The molecular weight excluding hydrogens is 335 g/mol. The number of carbonyl (C=O) groups excluding carboxylic acids is 1. The molecule has 0 radical (unpaired) electrons. The van der Waals surface area contributed by atoms with Gasteiger partial charge in [0.1, 0.15) is 12.0 Å². The average Bonchev–Trinajstić information content (AvgIpc) is 2.63. The highest BCUT2D eigenvalue weighted by Crippen LogP contribution is 2.53. The van der Waals surface area contributed by atoms with Gasteiger partial charge in [0.2, 0.25) is 0 Å². The Balaban J connectivity index is 2.05. The minimum Gasteiger partial charge on any atom is -0.462 e. The van der Waals surface area contributed by atoms with Gasteiger partial charge < -0.3 is 14.6 Å². The molecule has 3 aliphatic rings. The van der Waals surface area contributed by atoms with Crippen LogP contribution in [-0.2, 0) is 14.3 Å². The molecule has 96 valence electrons. The molecule has 0 saturated carbocycles. The molecule has 5 heteroatoms. The minimum absolute atomic E-state index is 0.0349. The Morgan fingerprint density at radius 2 is 2.24 bits per heavy atom. The monoisotopic (exact) mass is 352 g/mol. The molecule has 3 unspecified atom stereocenters. The van der Waals surface area contributed by atoms with Gasteiger partial charge in [-0.05, 0) is 26.2 Å². The van der Waals surface area contributed by atoms with Crippen molar-refractivity contribution in [1.82, 2.24) is 0 Å². The standard InChI is InChI=1S/C12H17IO4/c1-6-8-3-4-11(2,13)9-5-7(10(14)16-8)12(6,15)17-9/h6-9,15H,3-5H2,1-2H3/t6?,7-,8-,9?,11+,12?/m0/s1. The molecule has 3 aliphatic heterocycles. The molecule has 0 aromatic carbocycles. The lowest BCUT2D eigenvalue weighted by Gasteiger charge is -2.45. The van der Waals surface area contributed by atoms with Crippen molar-refractivity contribution in [2.24, 2.45) is 11.8 Å². The van der Waals surface area contributed by atoms with Crippen molar-refractivity contribution in [1.29, 1.82) is 0 Å². The second-order valence-corrected chi connectivity index (χ2v) is 8.19. The van der Waals surface area contributed by atoms with Gasteiger partial charge in [-0.1, -0.05) is 29.5 Å². The van der Waals surface area contributed by atoms with Gasteiger partial charge in [0.15, 0.2) is 5.79 Å². The summed E-state index contributed by atoms with van der Waals surface area (Å²) in [5, 5.41) is 10.7. The largest absolute Gasteiger partial charge is 0.462 e. The number of aliphatic hydroxyl groups is 1. The highest BCUT2D eigenvalue weighted by atomic mass is 127. The summed E-state index contributed by atoms with van der Waals surface area (Å²) >= 11 is 2.39. The second-order valence-electron chi connectivity index (χ2n) is 5.73. The van der Waals surface area contributed by atoms with Crippen molar-refractivity contribution in [3.05, 3.63) is 0 Å². The van der Waals surface area contributed by atoms with E-state index in [0.29, 0.717) is 6.42 Å². The zero-order valence-corrected chi connectivity index (χ0v) is 12.1. The van der Waals surface area contributed by atoms with E-state index in [1.165, 1.54) is 0 Å². The molecule has 3 bridgehead atoms. The van der Waals surface area contributed by atoms with Gasteiger partial charge in [-0.2, -0.15) is 0 Å². The lowest BCUT2D eigenvalue weighted by Crippen LogP contribution is -2.57. The first-order chi connectivity index (χ1) is 7.84. The summed E-state index contributed by atoms with van der Waals surface area (Å²) in [6.45, 7) is 4.05. The molecule has 0 spiro atoms. The predicted octanol–water partition coefficient (Wildman–Crippen LogP) is 1.63. The van der Waals surface area contributed by atoms with Crippen molar-refractivity contribution in [3.8, 4) is 0 Å². The van der Waals surface area contributed by atoms with E-state index in [-0.39, 0.29) is 27.5 Å². The van der Waals surface area contributed by atoms with E-state index in [1.54, 1.807) is 0 Å². The zero-order chi connectivity index (χ0) is 12.4. The molecule has 1 N–H and O–H groups in total. The number of rotatable bonds is 0. The number of carbonyl (C=O) groups is 1. The molecule has 17 heavy (non-hydrogen) atoms. The quantitative estimate of drug-likeness (QED) is 0.409. The first-order valence-electron chi connectivity index (χ1n) is 6.14. The number of halogens is 1. The molecule has 4 nitrogen and oxygen atoms in total. The number of alkyl halides is 1. The van der Waals surface area contributed by atoms with E-state index in [4.69, 9.17) is 9.47 Å². The van der Waals surface area contributed by atoms with Crippen molar-refractivity contribution < 1.29 is 19.4 Å². The maximum absolute atomic E-state index is 11.9. The number of hydrogen-bond acceptors (Lipinski definition) is 4. The van der Waals surface area contributed by atoms with Crippen molar-refractivity contribution in [2.45, 2.75) is 54.5 Å². The van der Waals surface area contributed by atoms with Crippen LogP contribution in [0.2, 0.25) is 0 Å². The van der Waals surface area contributed by atoms with E-state index >= 15 is 0 Å². The molecule has 3 fully saturated rings. The number of hydrogen-bond donors (Lipinski definition) is 1. The molecule has 0 aliphatic carbocycles. The summed E-state index contributed by atoms with van der Waals surface area (Å²) < 4.78 is 11.3. The predicted molar refractivity (Wildman–Crippen MR) is 68.6 cm³/mol. The molecule has 0 aromatic heterocycles. The van der Waals surface area contributed by atoms with Gasteiger partial charge in [0, 0.05) is 9.34 Å². The van der Waals surface area contributed by atoms with Gasteiger partial charge in [-0.25, -0.2) is 0 Å². The summed E-state index contributed by atoms with van der Waals surface area (Å²) in [5.41, 5.74) is 0. The summed E-state index contributed by atoms with van der Waals surface area (Å²) in [6.07, 6.45) is 2.06. The Morgan fingerprint density at radius 3 is 2.94 bits per heavy atom. The van der Waals surface area contributed by atoms with E-state index in [1.807, 2.05) is 6.92 Å². The third kappa shape index (κ3) is 1.58. The summed E-state index contributed by atoms with van der Waals surface area (Å²) in [5.74, 6) is -2.24. The Bertz CT molecular complexity index is 370. The van der Waals surface area contributed by atoms with E-state index in [2.05, 4.69) is 29.5 Å². The van der Waals surface area contributed by atoms with Crippen LogP contribution >= 0.6 is 22.6 Å². The lowest BCUT2D eigenvalue weighted by molar-refractivity contribution is -0.286. The third-order valence-corrected chi connectivity index (χ3v) is 5.87. The lowest BCUT2D eigenvalue weighted by atomic mass is 9.81. The van der Waals surface area contributed by atoms with Crippen LogP contribution in [0.25, 0.3) is 0 Å². The van der Waals surface area contributed by atoms with Crippen LogP contribution in [0.1, 0.15) is 33.1 Å². The fourth-order valence-electron chi connectivity index (χ4n) is 3.29. The van der Waals surface area contributed by atoms with Crippen LogP contribution < -0.4 is 0 Å². The molecule has 6 atom stereocenters. The maximum atomic E-state index is 11.9. The van der Waals surface area contributed by atoms with E-state index in [9.17, 15) is 9.90 Å². The van der Waals surface area contributed by atoms with Crippen molar-refractivity contribution >= 4 is 28.6 Å². The fourth-order valence-corrected chi connectivity index (χ4v) is 3.99.